The molecule has 2 aromatic carbocycles. The standard InChI is InChI=1S/C20H22N2O4/c1-14(23)22-11-9-15-13-16(7-8-17(15)22)20(24)21-10-12-26-19-6-4-3-5-18(19)25-2/h3-8,13H,9-12H2,1-2H3,(H,21,24). The summed E-state index contributed by atoms with van der Waals surface area (Å²) in [5.74, 6) is 1.17. The molecule has 6 nitrogen and oxygen atoms in total. The van der Waals surface area contributed by atoms with Gasteiger partial charge in [0.25, 0.3) is 5.91 Å². The zero-order valence-corrected chi connectivity index (χ0v) is 15.0. The first-order valence-electron chi connectivity index (χ1n) is 8.55. The summed E-state index contributed by atoms with van der Waals surface area (Å²) in [6, 6.07) is 12.8. The van der Waals surface area contributed by atoms with E-state index in [0.717, 1.165) is 17.7 Å². The maximum Gasteiger partial charge on any atom is 0.251 e. The van der Waals surface area contributed by atoms with E-state index in [1.165, 1.54) is 0 Å². The highest BCUT2D eigenvalue weighted by Crippen LogP contribution is 2.29. The molecule has 0 fully saturated rings. The van der Waals surface area contributed by atoms with Gasteiger partial charge in [-0.1, -0.05) is 12.1 Å². The number of carbonyl (C=O) groups is 2. The number of benzene rings is 2. The number of fused-ring (bicyclic) bond motifs is 1. The second kappa shape index (κ2) is 7.91. The first-order valence-corrected chi connectivity index (χ1v) is 8.55. The Balaban J connectivity index is 1.54. The number of amides is 2. The topological polar surface area (TPSA) is 67.9 Å². The monoisotopic (exact) mass is 354 g/mol. The highest BCUT2D eigenvalue weighted by molar-refractivity contribution is 5.97. The molecule has 0 radical (unpaired) electrons. The van der Waals surface area contributed by atoms with Crippen LogP contribution in [0.4, 0.5) is 5.69 Å². The Morgan fingerprint density at radius 2 is 1.92 bits per heavy atom. The van der Waals surface area contributed by atoms with Gasteiger partial charge in [-0.05, 0) is 42.3 Å². The summed E-state index contributed by atoms with van der Waals surface area (Å²) in [6.45, 7) is 2.95. The van der Waals surface area contributed by atoms with Gasteiger partial charge < -0.3 is 19.7 Å². The Kier molecular flexibility index (Phi) is 5.41. The fourth-order valence-electron chi connectivity index (χ4n) is 3.04. The predicted octanol–water partition coefficient (Wildman–Crippen LogP) is 2.41. The summed E-state index contributed by atoms with van der Waals surface area (Å²) in [7, 11) is 1.59. The summed E-state index contributed by atoms with van der Waals surface area (Å²) in [6.07, 6.45) is 0.771. The molecule has 3 rings (SSSR count). The van der Waals surface area contributed by atoms with Crippen molar-refractivity contribution in [2.45, 2.75) is 13.3 Å². The Hall–Kier alpha value is -3.02. The van der Waals surface area contributed by atoms with Crippen LogP contribution >= 0.6 is 0 Å². The van der Waals surface area contributed by atoms with Crippen LogP contribution in [0.5, 0.6) is 11.5 Å². The van der Waals surface area contributed by atoms with Crippen molar-refractivity contribution in [3.05, 3.63) is 53.6 Å². The number of anilines is 1. The molecule has 26 heavy (non-hydrogen) atoms. The lowest BCUT2D eigenvalue weighted by Gasteiger charge is -2.15. The molecule has 0 bridgehead atoms. The van der Waals surface area contributed by atoms with Gasteiger partial charge in [0.1, 0.15) is 6.61 Å². The average Bonchev–Trinajstić information content (AvgIpc) is 3.08. The fourth-order valence-corrected chi connectivity index (χ4v) is 3.04. The lowest BCUT2D eigenvalue weighted by molar-refractivity contribution is -0.116. The quantitative estimate of drug-likeness (QED) is 0.809. The Morgan fingerprint density at radius 3 is 2.65 bits per heavy atom. The molecule has 2 aromatic rings. The van der Waals surface area contributed by atoms with E-state index < -0.39 is 0 Å². The number of nitrogens with one attached hydrogen (secondary N) is 1. The summed E-state index contributed by atoms with van der Waals surface area (Å²) in [5.41, 5.74) is 2.51. The maximum absolute atomic E-state index is 12.3. The number of rotatable bonds is 6. The maximum atomic E-state index is 12.3. The summed E-state index contributed by atoms with van der Waals surface area (Å²) >= 11 is 0. The van der Waals surface area contributed by atoms with E-state index in [1.54, 1.807) is 25.0 Å². The molecule has 1 N–H and O–H groups in total. The molecule has 0 saturated heterocycles. The zero-order chi connectivity index (χ0) is 18.5. The Morgan fingerprint density at radius 1 is 1.15 bits per heavy atom. The summed E-state index contributed by atoms with van der Waals surface area (Å²) in [4.78, 5) is 25.6. The third-order valence-corrected chi connectivity index (χ3v) is 4.33. The number of carbonyl (C=O) groups excluding carboxylic acids is 2. The van der Waals surface area contributed by atoms with Crippen LogP contribution in [0.25, 0.3) is 0 Å². The lowest BCUT2D eigenvalue weighted by atomic mass is 10.1. The van der Waals surface area contributed by atoms with E-state index in [1.807, 2.05) is 36.4 Å². The molecule has 1 aliphatic rings. The van der Waals surface area contributed by atoms with Crippen LogP contribution in [0.1, 0.15) is 22.8 Å². The average molecular weight is 354 g/mol. The largest absolute Gasteiger partial charge is 0.493 e. The predicted molar refractivity (Wildman–Crippen MR) is 99.0 cm³/mol. The van der Waals surface area contributed by atoms with Crippen molar-refractivity contribution in [3.63, 3.8) is 0 Å². The normalized spacial score (nSPS) is 12.5. The van der Waals surface area contributed by atoms with Gasteiger partial charge in [-0.25, -0.2) is 0 Å². The van der Waals surface area contributed by atoms with Crippen molar-refractivity contribution in [1.29, 1.82) is 0 Å². The molecule has 0 aliphatic carbocycles. The van der Waals surface area contributed by atoms with Gasteiger partial charge in [0.05, 0.1) is 13.7 Å². The number of nitrogens with zero attached hydrogens (tertiary/aromatic N) is 1. The molecule has 0 unspecified atom stereocenters. The van der Waals surface area contributed by atoms with Gasteiger partial charge in [0.15, 0.2) is 11.5 Å². The second-order valence-electron chi connectivity index (χ2n) is 6.02. The molecule has 1 aliphatic heterocycles. The van der Waals surface area contributed by atoms with Crippen molar-refractivity contribution >= 4 is 17.5 Å². The molecular weight excluding hydrogens is 332 g/mol. The van der Waals surface area contributed by atoms with Crippen LogP contribution in [0, 0.1) is 0 Å². The number of methoxy groups -OCH3 is 1. The second-order valence-corrected chi connectivity index (χ2v) is 6.02. The van der Waals surface area contributed by atoms with Gasteiger partial charge in [-0.3, -0.25) is 9.59 Å². The molecule has 0 atom stereocenters. The third kappa shape index (κ3) is 3.79. The molecule has 136 valence electrons. The Bertz CT molecular complexity index is 819. The van der Waals surface area contributed by atoms with Crippen LogP contribution in [0.2, 0.25) is 0 Å². The van der Waals surface area contributed by atoms with Crippen LogP contribution in [0.3, 0.4) is 0 Å². The van der Waals surface area contributed by atoms with E-state index in [4.69, 9.17) is 9.47 Å². The SMILES string of the molecule is COc1ccccc1OCCNC(=O)c1ccc2c(c1)CCN2C(C)=O. The van der Waals surface area contributed by atoms with Gasteiger partial charge >= 0.3 is 0 Å². The first kappa shape index (κ1) is 17.8. The molecule has 1 heterocycles. The van der Waals surface area contributed by atoms with Crippen LogP contribution in [0.15, 0.2) is 42.5 Å². The number of ether oxygens (including phenoxy) is 2. The van der Waals surface area contributed by atoms with Gasteiger partial charge in [-0.2, -0.15) is 0 Å². The minimum Gasteiger partial charge on any atom is -0.493 e. The molecule has 2 amide bonds. The molecular formula is C20H22N2O4. The van der Waals surface area contributed by atoms with E-state index in [-0.39, 0.29) is 11.8 Å². The first-order chi connectivity index (χ1) is 12.6. The highest BCUT2D eigenvalue weighted by atomic mass is 16.5. The van der Waals surface area contributed by atoms with Crippen molar-refractivity contribution in [2.75, 3.05) is 31.7 Å². The fraction of sp³-hybridized carbons (Fsp3) is 0.300. The van der Waals surface area contributed by atoms with Crippen LogP contribution in [-0.4, -0.2) is 38.6 Å². The summed E-state index contributed by atoms with van der Waals surface area (Å²) in [5, 5.41) is 2.85. The van der Waals surface area contributed by atoms with Crippen molar-refractivity contribution in [3.8, 4) is 11.5 Å². The molecule has 0 saturated carbocycles. The molecule has 0 spiro atoms. The van der Waals surface area contributed by atoms with Gasteiger partial charge in [0.2, 0.25) is 5.91 Å². The van der Waals surface area contributed by atoms with Crippen molar-refractivity contribution in [1.82, 2.24) is 5.32 Å². The van der Waals surface area contributed by atoms with E-state index in [0.29, 0.717) is 36.8 Å². The molecule has 0 aromatic heterocycles. The number of para-hydroxylation sites is 2. The highest BCUT2D eigenvalue weighted by Gasteiger charge is 2.23. The van der Waals surface area contributed by atoms with E-state index in [2.05, 4.69) is 5.32 Å². The zero-order valence-electron chi connectivity index (χ0n) is 15.0. The van der Waals surface area contributed by atoms with E-state index >= 15 is 0 Å². The Labute approximate surface area is 152 Å². The van der Waals surface area contributed by atoms with Crippen LogP contribution < -0.4 is 19.7 Å². The molecule has 6 heteroatoms. The summed E-state index contributed by atoms with van der Waals surface area (Å²) < 4.78 is 10.9. The number of hydrogen-bond acceptors (Lipinski definition) is 4. The van der Waals surface area contributed by atoms with Gasteiger partial charge in [-0.15, -0.1) is 0 Å². The van der Waals surface area contributed by atoms with Gasteiger partial charge in [0, 0.05) is 24.7 Å². The smallest absolute Gasteiger partial charge is 0.251 e. The number of hydrogen-bond donors (Lipinski definition) is 1. The van der Waals surface area contributed by atoms with E-state index in [9.17, 15) is 9.59 Å². The minimum atomic E-state index is -0.155. The van der Waals surface area contributed by atoms with Crippen molar-refractivity contribution < 1.29 is 19.1 Å². The van der Waals surface area contributed by atoms with Crippen LogP contribution in [-0.2, 0) is 11.2 Å². The van der Waals surface area contributed by atoms with Crippen molar-refractivity contribution in [2.24, 2.45) is 0 Å². The lowest BCUT2D eigenvalue weighted by Crippen LogP contribution is -2.28. The third-order valence-electron chi connectivity index (χ3n) is 4.33. The minimum absolute atomic E-state index is 0.0226.